The van der Waals surface area contributed by atoms with Gasteiger partial charge in [-0.3, -0.25) is 0 Å². The minimum atomic E-state index is -0.800. The van der Waals surface area contributed by atoms with Crippen LogP contribution in [-0.2, 0) is 9.53 Å². The van der Waals surface area contributed by atoms with E-state index in [2.05, 4.69) is 0 Å². The predicted molar refractivity (Wildman–Crippen MR) is 42.2 cm³/mol. The van der Waals surface area contributed by atoms with Crippen molar-refractivity contribution in [2.45, 2.75) is 6.10 Å². The number of methoxy groups -OCH3 is 1. The van der Waals surface area contributed by atoms with Crippen LogP contribution in [0.15, 0.2) is 24.3 Å². The van der Waals surface area contributed by atoms with Gasteiger partial charge in [-0.15, -0.1) is 0 Å². The molecule has 1 rings (SSSR count). The monoisotopic (exact) mass is 168 g/mol. The Balaban J connectivity index is 3.00. The number of carbonyl (C=O) groups is 1. The van der Waals surface area contributed by atoms with Crippen LogP contribution in [0.1, 0.15) is 11.7 Å². The fourth-order valence-corrected chi connectivity index (χ4v) is 0.962. The first-order valence-electron chi connectivity index (χ1n) is 3.52. The lowest BCUT2D eigenvalue weighted by atomic mass is 10.1. The molecule has 0 aliphatic carbocycles. The maximum Gasteiger partial charge on any atom is 0.153 e. The van der Waals surface area contributed by atoms with E-state index in [1.54, 1.807) is 12.1 Å². The van der Waals surface area contributed by atoms with Gasteiger partial charge in [-0.25, -0.2) is 4.39 Å². The summed E-state index contributed by atoms with van der Waals surface area (Å²) in [7, 11) is 1.37. The molecule has 12 heavy (non-hydrogen) atoms. The fourth-order valence-electron chi connectivity index (χ4n) is 0.962. The van der Waals surface area contributed by atoms with Gasteiger partial charge in [-0.2, -0.15) is 0 Å². The second kappa shape index (κ2) is 3.97. The molecule has 0 heterocycles. The van der Waals surface area contributed by atoms with Crippen molar-refractivity contribution in [2.24, 2.45) is 0 Å². The largest absolute Gasteiger partial charge is 0.369 e. The molecular weight excluding hydrogens is 159 g/mol. The van der Waals surface area contributed by atoms with Crippen molar-refractivity contribution in [2.75, 3.05) is 7.11 Å². The van der Waals surface area contributed by atoms with Crippen molar-refractivity contribution in [3.05, 3.63) is 35.6 Å². The van der Waals surface area contributed by atoms with Crippen molar-refractivity contribution in [1.82, 2.24) is 0 Å². The Kier molecular flexibility index (Phi) is 2.94. The van der Waals surface area contributed by atoms with E-state index in [4.69, 9.17) is 4.74 Å². The summed E-state index contributed by atoms with van der Waals surface area (Å²) in [5.74, 6) is -0.420. The molecule has 0 fully saturated rings. The first kappa shape index (κ1) is 8.87. The molecule has 0 N–H and O–H groups in total. The molecule has 0 spiro atoms. The molecule has 1 aromatic rings. The molecule has 0 aliphatic rings. The number of carbonyl (C=O) groups excluding carboxylic acids is 1. The maximum absolute atomic E-state index is 13.0. The summed E-state index contributed by atoms with van der Waals surface area (Å²) >= 11 is 0. The Morgan fingerprint density at radius 3 is 2.67 bits per heavy atom. The van der Waals surface area contributed by atoms with Gasteiger partial charge in [0.05, 0.1) is 0 Å². The van der Waals surface area contributed by atoms with E-state index >= 15 is 0 Å². The molecule has 0 unspecified atom stereocenters. The van der Waals surface area contributed by atoms with Crippen LogP contribution in [0.2, 0.25) is 0 Å². The SMILES string of the molecule is CO[C@@H](C=O)c1ccccc1F. The van der Waals surface area contributed by atoms with Crippen molar-refractivity contribution < 1.29 is 13.9 Å². The first-order valence-corrected chi connectivity index (χ1v) is 3.52. The van der Waals surface area contributed by atoms with Crippen molar-refractivity contribution >= 4 is 6.29 Å². The number of aldehydes is 1. The average Bonchev–Trinajstić information content (AvgIpc) is 2.10. The molecule has 3 heteroatoms. The number of rotatable bonds is 3. The highest BCUT2D eigenvalue weighted by molar-refractivity contribution is 5.59. The lowest BCUT2D eigenvalue weighted by Gasteiger charge is -2.08. The number of hydrogen-bond donors (Lipinski definition) is 0. The Morgan fingerprint density at radius 1 is 1.50 bits per heavy atom. The van der Waals surface area contributed by atoms with Crippen LogP contribution < -0.4 is 0 Å². The molecule has 64 valence electrons. The van der Waals surface area contributed by atoms with E-state index < -0.39 is 11.9 Å². The number of halogens is 1. The molecule has 1 atom stereocenters. The molecule has 2 nitrogen and oxygen atoms in total. The zero-order valence-corrected chi connectivity index (χ0v) is 6.66. The second-order valence-corrected chi connectivity index (χ2v) is 2.31. The molecular formula is C9H9FO2. The van der Waals surface area contributed by atoms with Gasteiger partial charge in [0, 0.05) is 12.7 Å². The quantitative estimate of drug-likeness (QED) is 0.642. The third kappa shape index (κ3) is 1.68. The zero-order chi connectivity index (χ0) is 8.97. The van der Waals surface area contributed by atoms with Gasteiger partial charge in [-0.1, -0.05) is 18.2 Å². The van der Waals surface area contributed by atoms with Gasteiger partial charge in [0.25, 0.3) is 0 Å². The van der Waals surface area contributed by atoms with Crippen molar-refractivity contribution in [3.8, 4) is 0 Å². The van der Waals surface area contributed by atoms with Crippen LogP contribution in [0.5, 0.6) is 0 Å². The van der Waals surface area contributed by atoms with Crippen LogP contribution in [-0.4, -0.2) is 13.4 Å². The van der Waals surface area contributed by atoms with E-state index in [-0.39, 0.29) is 5.56 Å². The molecule has 0 aromatic heterocycles. The number of hydrogen-bond acceptors (Lipinski definition) is 2. The van der Waals surface area contributed by atoms with E-state index in [0.29, 0.717) is 6.29 Å². The highest BCUT2D eigenvalue weighted by Crippen LogP contribution is 2.16. The average molecular weight is 168 g/mol. The summed E-state index contributed by atoms with van der Waals surface area (Å²) in [6.45, 7) is 0. The van der Waals surface area contributed by atoms with Crippen LogP contribution in [0, 0.1) is 5.82 Å². The van der Waals surface area contributed by atoms with E-state index in [0.717, 1.165) is 0 Å². The molecule has 1 aromatic carbocycles. The van der Waals surface area contributed by atoms with Crippen molar-refractivity contribution in [1.29, 1.82) is 0 Å². The maximum atomic E-state index is 13.0. The third-order valence-electron chi connectivity index (χ3n) is 1.59. The number of ether oxygens (including phenoxy) is 1. The van der Waals surface area contributed by atoms with Crippen LogP contribution >= 0.6 is 0 Å². The molecule has 0 amide bonds. The summed E-state index contributed by atoms with van der Waals surface area (Å²) in [6.07, 6.45) is -0.232. The highest BCUT2D eigenvalue weighted by atomic mass is 19.1. The lowest BCUT2D eigenvalue weighted by molar-refractivity contribution is -0.116. The van der Waals surface area contributed by atoms with Gasteiger partial charge in [0.2, 0.25) is 0 Å². The Bertz CT molecular complexity index is 273. The van der Waals surface area contributed by atoms with Gasteiger partial charge < -0.3 is 9.53 Å². The smallest absolute Gasteiger partial charge is 0.153 e. The molecule has 0 saturated heterocycles. The summed E-state index contributed by atoms with van der Waals surface area (Å²) in [5.41, 5.74) is 0.273. The van der Waals surface area contributed by atoms with Crippen LogP contribution in [0.25, 0.3) is 0 Å². The Morgan fingerprint density at radius 2 is 2.17 bits per heavy atom. The normalized spacial score (nSPS) is 12.5. The summed E-state index contributed by atoms with van der Waals surface area (Å²) < 4.78 is 17.7. The van der Waals surface area contributed by atoms with E-state index in [9.17, 15) is 9.18 Å². The Hall–Kier alpha value is -1.22. The molecule has 0 bridgehead atoms. The van der Waals surface area contributed by atoms with E-state index in [1.165, 1.54) is 19.2 Å². The van der Waals surface area contributed by atoms with Crippen LogP contribution in [0.3, 0.4) is 0 Å². The second-order valence-electron chi connectivity index (χ2n) is 2.31. The summed E-state index contributed by atoms with van der Waals surface area (Å²) in [5, 5.41) is 0. The van der Waals surface area contributed by atoms with E-state index in [1.807, 2.05) is 0 Å². The zero-order valence-electron chi connectivity index (χ0n) is 6.66. The van der Waals surface area contributed by atoms with Gasteiger partial charge >= 0.3 is 0 Å². The van der Waals surface area contributed by atoms with Gasteiger partial charge in [-0.05, 0) is 6.07 Å². The van der Waals surface area contributed by atoms with Crippen molar-refractivity contribution in [3.63, 3.8) is 0 Å². The number of benzene rings is 1. The van der Waals surface area contributed by atoms with Gasteiger partial charge in [0.1, 0.15) is 11.9 Å². The van der Waals surface area contributed by atoms with Crippen LogP contribution in [0.4, 0.5) is 4.39 Å². The minimum absolute atomic E-state index is 0.273. The standard InChI is InChI=1S/C9H9FO2/c1-12-9(6-11)7-4-2-3-5-8(7)10/h2-6,9H,1H3/t9-/m0/s1. The fraction of sp³-hybridized carbons (Fsp3) is 0.222. The van der Waals surface area contributed by atoms with Gasteiger partial charge in [0.15, 0.2) is 6.29 Å². The first-order chi connectivity index (χ1) is 5.79. The minimum Gasteiger partial charge on any atom is -0.369 e. The third-order valence-corrected chi connectivity index (χ3v) is 1.59. The summed E-state index contributed by atoms with van der Waals surface area (Å²) in [4.78, 5) is 10.4. The summed E-state index contributed by atoms with van der Waals surface area (Å²) in [6, 6.07) is 6.05. The highest BCUT2D eigenvalue weighted by Gasteiger charge is 2.12. The Labute approximate surface area is 70.0 Å². The predicted octanol–water partition coefficient (Wildman–Crippen LogP) is 1.71. The molecule has 0 saturated carbocycles. The molecule has 0 aliphatic heterocycles. The topological polar surface area (TPSA) is 26.3 Å². The lowest BCUT2D eigenvalue weighted by Crippen LogP contribution is -2.04. The molecule has 0 radical (unpaired) electrons.